The maximum atomic E-state index is 13.9. The van der Waals surface area contributed by atoms with Crippen molar-refractivity contribution in [2.75, 3.05) is 35.8 Å². The third-order valence-electron chi connectivity index (χ3n) is 5.38. The first-order chi connectivity index (χ1) is 16.6. The summed E-state index contributed by atoms with van der Waals surface area (Å²) in [5.74, 6) is -1.53. The van der Waals surface area contributed by atoms with Gasteiger partial charge in [0.1, 0.15) is 27.3 Å². The normalized spacial score (nSPS) is 14.1. The monoisotopic (exact) mass is 522 g/mol. The minimum Gasteiger partial charge on any atom is -0.438 e. The van der Waals surface area contributed by atoms with Crippen LogP contribution in [0.2, 0.25) is 5.02 Å². The lowest BCUT2D eigenvalue weighted by Crippen LogP contribution is -2.48. The lowest BCUT2D eigenvalue weighted by Gasteiger charge is -2.35. The molecule has 2 aromatic carbocycles. The summed E-state index contributed by atoms with van der Waals surface area (Å²) in [7, 11) is -4.33. The quantitative estimate of drug-likeness (QED) is 0.520. The number of sulfonamides is 1. The van der Waals surface area contributed by atoms with Crippen LogP contribution in [0.15, 0.2) is 59.6 Å². The molecule has 0 radical (unpaired) electrons. The highest BCUT2D eigenvalue weighted by molar-refractivity contribution is 7.92. The number of halogens is 3. The summed E-state index contributed by atoms with van der Waals surface area (Å²) in [5.41, 5.74) is 0.962. The number of carbonyl (C=O) groups is 1. The molecule has 3 aromatic rings. The van der Waals surface area contributed by atoms with Crippen LogP contribution in [-0.2, 0) is 14.8 Å². The highest BCUT2D eigenvalue weighted by atomic mass is 35.5. The molecular weight excluding hydrogens is 502 g/mol. The maximum Gasteiger partial charge on any atom is 0.264 e. The number of carbonyl (C=O) groups excluding carboxylic acids is 1. The molecule has 1 amide bonds. The largest absolute Gasteiger partial charge is 0.438 e. The van der Waals surface area contributed by atoms with Crippen molar-refractivity contribution < 1.29 is 26.7 Å². The average Bonchev–Trinajstić information content (AvgIpc) is 2.81. The fourth-order valence-corrected chi connectivity index (χ4v) is 4.88. The van der Waals surface area contributed by atoms with Crippen molar-refractivity contribution in [3.05, 3.63) is 71.4 Å². The van der Waals surface area contributed by atoms with E-state index in [1.165, 1.54) is 12.3 Å². The van der Waals surface area contributed by atoms with Crippen LogP contribution in [0.5, 0.6) is 11.6 Å². The zero-order valence-corrected chi connectivity index (χ0v) is 20.1. The molecule has 184 valence electrons. The molecule has 1 saturated heterocycles. The fourth-order valence-electron chi connectivity index (χ4n) is 3.58. The summed E-state index contributed by atoms with van der Waals surface area (Å²) in [5, 5.41) is 0.0224. The molecule has 0 atom stereocenters. The van der Waals surface area contributed by atoms with Gasteiger partial charge in [0, 0.05) is 44.9 Å². The summed E-state index contributed by atoms with van der Waals surface area (Å²) < 4.78 is 59.7. The Morgan fingerprint density at radius 3 is 2.34 bits per heavy atom. The van der Waals surface area contributed by atoms with Crippen molar-refractivity contribution in [1.82, 2.24) is 9.88 Å². The van der Waals surface area contributed by atoms with Gasteiger partial charge in [-0.15, -0.1) is 0 Å². The van der Waals surface area contributed by atoms with Gasteiger partial charge < -0.3 is 14.5 Å². The van der Waals surface area contributed by atoms with Gasteiger partial charge in [0.15, 0.2) is 0 Å². The van der Waals surface area contributed by atoms with Gasteiger partial charge in [-0.1, -0.05) is 11.6 Å². The van der Waals surface area contributed by atoms with Crippen LogP contribution in [0.4, 0.5) is 20.2 Å². The van der Waals surface area contributed by atoms with Gasteiger partial charge in [0.25, 0.3) is 10.0 Å². The van der Waals surface area contributed by atoms with Crippen molar-refractivity contribution in [3.8, 4) is 11.6 Å². The van der Waals surface area contributed by atoms with Gasteiger partial charge in [0.05, 0.1) is 11.9 Å². The van der Waals surface area contributed by atoms with Gasteiger partial charge in [-0.25, -0.2) is 22.2 Å². The maximum absolute atomic E-state index is 13.9. The number of hydrogen-bond donors (Lipinski definition) is 1. The minimum atomic E-state index is -4.33. The van der Waals surface area contributed by atoms with E-state index in [-0.39, 0.29) is 22.5 Å². The lowest BCUT2D eigenvalue weighted by molar-refractivity contribution is -0.129. The molecule has 12 heteroatoms. The highest BCUT2D eigenvalue weighted by Crippen LogP contribution is 2.31. The van der Waals surface area contributed by atoms with Gasteiger partial charge in [-0.2, -0.15) is 0 Å². The Morgan fingerprint density at radius 1 is 1.06 bits per heavy atom. The summed E-state index contributed by atoms with van der Waals surface area (Å²) in [6.45, 7) is 4.35. The Bertz CT molecular complexity index is 1350. The van der Waals surface area contributed by atoms with E-state index in [0.717, 1.165) is 30.9 Å². The van der Waals surface area contributed by atoms with Gasteiger partial charge in [-0.05, 0) is 42.5 Å². The first-order valence-electron chi connectivity index (χ1n) is 10.5. The molecule has 1 fully saturated rings. The first kappa shape index (κ1) is 24.7. The summed E-state index contributed by atoms with van der Waals surface area (Å²) in [6.07, 6.45) is 1.17. The topological polar surface area (TPSA) is 91.8 Å². The van der Waals surface area contributed by atoms with Gasteiger partial charge in [-0.3, -0.25) is 9.52 Å². The number of nitrogens with one attached hydrogen (secondary N) is 1. The molecule has 4 rings (SSSR count). The zero-order valence-electron chi connectivity index (χ0n) is 18.5. The van der Waals surface area contributed by atoms with Gasteiger partial charge in [0.2, 0.25) is 11.8 Å². The predicted octanol–water partition coefficient (Wildman–Crippen LogP) is 4.27. The molecule has 35 heavy (non-hydrogen) atoms. The van der Waals surface area contributed by atoms with Crippen molar-refractivity contribution in [1.29, 1.82) is 0 Å². The van der Waals surface area contributed by atoms with Crippen molar-refractivity contribution in [3.63, 3.8) is 0 Å². The van der Waals surface area contributed by atoms with E-state index in [2.05, 4.69) is 14.6 Å². The summed E-state index contributed by atoms with van der Waals surface area (Å²) in [4.78, 5) is 18.8. The third-order valence-corrected chi connectivity index (χ3v) is 7.07. The van der Waals surface area contributed by atoms with Gasteiger partial charge >= 0.3 is 0 Å². The van der Waals surface area contributed by atoms with Crippen molar-refractivity contribution in [2.24, 2.45) is 0 Å². The predicted molar refractivity (Wildman–Crippen MR) is 127 cm³/mol. The number of amides is 1. The number of piperazine rings is 1. The standard InChI is InChI=1S/C23H21ClF2N4O4S/c1-15(31)29-8-10-30(11-9-29)18-3-5-19(6-4-18)34-23-20(24)13-17(14-27-23)28-35(32,33)22-7-2-16(25)12-21(22)26/h2-7,12-14,28H,8-11H2,1H3. The lowest BCUT2D eigenvalue weighted by atomic mass is 10.2. The first-order valence-corrected chi connectivity index (χ1v) is 12.4. The van der Waals surface area contributed by atoms with E-state index in [1.807, 2.05) is 17.0 Å². The molecule has 1 aliphatic heterocycles. The van der Waals surface area contributed by atoms with Crippen molar-refractivity contribution in [2.45, 2.75) is 11.8 Å². The van der Waals surface area contributed by atoms with E-state index in [0.29, 0.717) is 24.9 Å². The number of hydrogen-bond acceptors (Lipinski definition) is 6. The molecule has 0 spiro atoms. The molecular formula is C23H21ClF2N4O4S. The molecule has 2 heterocycles. The molecule has 0 bridgehead atoms. The van der Waals surface area contributed by atoms with Crippen LogP contribution in [-0.4, -0.2) is 50.4 Å². The Kier molecular flexibility index (Phi) is 7.08. The number of benzene rings is 2. The van der Waals surface area contributed by atoms with Crippen LogP contribution in [0.25, 0.3) is 0 Å². The summed E-state index contributed by atoms with van der Waals surface area (Å²) >= 11 is 6.21. The zero-order chi connectivity index (χ0) is 25.2. The molecule has 0 unspecified atom stereocenters. The Labute approximate surface area is 206 Å². The number of nitrogens with zero attached hydrogens (tertiary/aromatic N) is 3. The van der Waals surface area contributed by atoms with E-state index in [4.69, 9.17) is 16.3 Å². The van der Waals surface area contributed by atoms with Crippen LogP contribution in [0, 0.1) is 11.6 Å². The Balaban J connectivity index is 1.41. The molecule has 1 aliphatic rings. The van der Waals surface area contributed by atoms with Crippen LogP contribution >= 0.6 is 11.6 Å². The second-order valence-electron chi connectivity index (χ2n) is 7.78. The molecule has 0 aliphatic carbocycles. The third kappa shape index (κ3) is 5.80. The van der Waals surface area contributed by atoms with Crippen LogP contribution in [0.1, 0.15) is 6.92 Å². The molecule has 8 nitrogen and oxygen atoms in total. The number of aromatic nitrogens is 1. The number of pyridine rings is 1. The van der Waals surface area contributed by atoms with E-state index < -0.39 is 26.6 Å². The molecule has 0 saturated carbocycles. The average molecular weight is 523 g/mol. The smallest absolute Gasteiger partial charge is 0.264 e. The number of rotatable bonds is 6. The molecule has 1 N–H and O–H groups in total. The van der Waals surface area contributed by atoms with E-state index in [1.54, 1.807) is 19.1 Å². The molecule has 1 aromatic heterocycles. The van der Waals surface area contributed by atoms with Crippen LogP contribution in [0.3, 0.4) is 0 Å². The van der Waals surface area contributed by atoms with E-state index in [9.17, 15) is 22.0 Å². The SMILES string of the molecule is CC(=O)N1CCN(c2ccc(Oc3ncc(NS(=O)(=O)c4ccc(F)cc4F)cc3Cl)cc2)CC1. The minimum absolute atomic E-state index is 0.0221. The number of ether oxygens (including phenoxy) is 1. The second kappa shape index (κ2) is 10.0. The Morgan fingerprint density at radius 2 is 1.74 bits per heavy atom. The fraction of sp³-hybridized carbons (Fsp3) is 0.217. The number of anilines is 2. The van der Waals surface area contributed by atoms with E-state index >= 15 is 0 Å². The highest BCUT2D eigenvalue weighted by Gasteiger charge is 2.21. The van der Waals surface area contributed by atoms with Crippen LogP contribution < -0.4 is 14.4 Å². The summed E-state index contributed by atoms with van der Waals surface area (Å²) in [6, 6.07) is 10.7. The van der Waals surface area contributed by atoms with Crippen molar-refractivity contribution >= 4 is 38.9 Å². The second-order valence-corrected chi connectivity index (χ2v) is 9.84. The Hall–Kier alpha value is -3.44.